The van der Waals surface area contributed by atoms with Gasteiger partial charge in [-0.15, -0.1) is 0 Å². The molecule has 0 unspecified atom stereocenters. The Morgan fingerprint density at radius 2 is 1.89 bits per heavy atom. The van der Waals surface area contributed by atoms with Crippen LogP contribution in [0.5, 0.6) is 0 Å². The average molecular weight is 471 g/mol. The molecule has 0 atom stereocenters. The van der Waals surface area contributed by atoms with Crippen molar-refractivity contribution in [2.75, 3.05) is 26.2 Å². The Morgan fingerprint density at radius 3 is 2.63 bits per heavy atom. The third-order valence-electron chi connectivity index (χ3n) is 4.86. The van der Waals surface area contributed by atoms with Gasteiger partial charge in [0.15, 0.2) is 6.67 Å². The monoisotopic (exact) mass is 469 g/mol. The van der Waals surface area contributed by atoms with E-state index in [1.54, 1.807) is 18.2 Å². The van der Waals surface area contributed by atoms with Gasteiger partial charge < -0.3 is 4.90 Å². The van der Waals surface area contributed by atoms with Crippen molar-refractivity contribution in [1.82, 2.24) is 13.9 Å². The predicted molar refractivity (Wildman–Crippen MR) is 108 cm³/mol. The number of halogens is 2. The van der Waals surface area contributed by atoms with E-state index in [0.29, 0.717) is 13.1 Å². The fourth-order valence-corrected chi connectivity index (χ4v) is 5.85. The maximum Gasteiger partial charge on any atom is 0.244 e. The van der Waals surface area contributed by atoms with E-state index in [4.69, 9.17) is 11.6 Å². The Kier molecular flexibility index (Phi) is 5.26. The number of imidazole rings is 1. The molecular weight excluding hydrogens is 452 g/mol. The molecule has 0 amide bonds. The zero-order valence-electron chi connectivity index (χ0n) is 14.5. The smallest absolute Gasteiger partial charge is 0.244 e. The number of para-hydroxylation sites is 2. The first kappa shape index (κ1) is 18.9. The van der Waals surface area contributed by atoms with Gasteiger partial charge in [0.05, 0.1) is 42.2 Å². The standard InChI is InChI=1S/C18H18BrClN4O2S/c19-14-5-6-18(15(20)11-14)27(25,26)24-9-7-22(8-10-24)13-23-12-21-16-3-1-2-4-17(16)23/h1-6,11-12H,7-10,13H2/p+1. The van der Waals surface area contributed by atoms with Gasteiger partial charge >= 0.3 is 0 Å². The highest BCUT2D eigenvalue weighted by atomic mass is 79.9. The van der Waals surface area contributed by atoms with Gasteiger partial charge in [-0.05, 0) is 30.3 Å². The SMILES string of the molecule is O=S(=O)(c1ccc(Br)cc1Cl)N1CC[NH+](Cn2cnc3ccccc32)CC1. The van der Waals surface area contributed by atoms with Crippen LogP contribution < -0.4 is 4.90 Å². The maximum absolute atomic E-state index is 12.9. The van der Waals surface area contributed by atoms with Crippen molar-refractivity contribution in [2.24, 2.45) is 0 Å². The van der Waals surface area contributed by atoms with Gasteiger partial charge in [-0.3, -0.25) is 4.57 Å². The van der Waals surface area contributed by atoms with E-state index in [1.807, 2.05) is 24.5 Å². The molecule has 1 fully saturated rings. The molecule has 0 aliphatic carbocycles. The molecule has 6 nitrogen and oxygen atoms in total. The molecule has 2 heterocycles. The first-order chi connectivity index (χ1) is 12.9. The van der Waals surface area contributed by atoms with Crippen LogP contribution in [0.3, 0.4) is 0 Å². The van der Waals surface area contributed by atoms with Crippen LogP contribution in [-0.4, -0.2) is 48.5 Å². The van der Waals surface area contributed by atoms with E-state index < -0.39 is 10.0 Å². The second kappa shape index (κ2) is 7.52. The summed E-state index contributed by atoms with van der Waals surface area (Å²) in [5, 5.41) is 0.240. The van der Waals surface area contributed by atoms with E-state index in [9.17, 15) is 8.42 Å². The summed E-state index contributed by atoms with van der Waals surface area (Å²) in [6.45, 7) is 3.18. The van der Waals surface area contributed by atoms with E-state index in [-0.39, 0.29) is 9.92 Å². The molecular formula is C18H19BrClN4O2S+. The summed E-state index contributed by atoms with van der Waals surface area (Å²) in [5.41, 5.74) is 2.07. The number of fused-ring (bicyclic) bond motifs is 1. The van der Waals surface area contributed by atoms with E-state index in [2.05, 4.69) is 31.5 Å². The molecule has 0 bridgehead atoms. The number of rotatable bonds is 4. The number of aromatic nitrogens is 2. The fraction of sp³-hybridized carbons (Fsp3) is 0.278. The first-order valence-corrected chi connectivity index (χ1v) is 11.2. The third-order valence-corrected chi connectivity index (χ3v) is 7.74. The number of hydrogen-bond acceptors (Lipinski definition) is 3. The molecule has 1 aliphatic rings. The molecule has 0 spiro atoms. The zero-order chi connectivity index (χ0) is 19.0. The lowest BCUT2D eigenvalue weighted by atomic mass is 10.3. The molecule has 27 heavy (non-hydrogen) atoms. The largest absolute Gasteiger partial charge is 0.315 e. The Hall–Kier alpha value is -1.45. The average Bonchev–Trinajstić information content (AvgIpc) is 3.05. The molecule has 9 heteroatoms. The van der Waals surface area contributed by atoms with Gasteiger partial charge in [0.1, 0.15) is 11.2 Å². The van der Waals surface area contributed by atoms with Gasteiger partial charge in [0, 0.05) is 4.47 Å². The van der Waals surface area contributed by atoms with Gasteiger partial charge in [0.2, 0.25) is 10.0 Å². The van der Waals surface area contributed by atoms with Gasteiger partial charge in [0.25, 0.3) is 0 Å². The summed E-state index contributed by atoms with van der Waals surface area (Å²) < 4.78 is 30.2. The van der Waals surface area contributed by atoms with Crippen LogP contribution in [0.25, 0.3) is 11.0 Å². The number of quaternary nitrogens is 1. The molecule has 1 aliphatic heterocycles. The number of hydrogen-bond donors (Lipinski definition) is 1. The highest BCUT2D eigenvalue weighted by Gasteiger charge is 2.32. The first-order valence-electron chi connectivity index (χ1n) is 8.64. The minimum Gasteiger partial charge on any atom is -0.315 e. The van der Waals surface area contributed by atoms with Gasteiger partial charge in [-0.1, -0.05) is 39.7 Å². The van der Waals surface area contributed by atoms with Crippen LogP contribution in [0.15, 0.2) is 58.2 Å². The van der Waals surface area contributed by atoms with Crippen molar-refractivity contribution >= 4 is 48.6 Å². The van der Waals surface area contributed by atoms with E-state index >= 15 is 0 Å². The fourth-order valence-electron chi connectivity index (χ4n) is 3.40. The molecule has 142 valence electrons. The lowest BCUT2D eigenvalue weighted by Crippen LogP contribution is -3.14. The van der Waals surface area contributed by atoms with Gasteiger partial charge in [-0.2, -0.15) is 4.31 Å². The summed E-state index contributed by atoms with van der Waals surface area (Å²) >= 11 is 9.47. The Labute approximate surface area is 171 Å². The molecule has 4 rings (SSSR count). The van der Waals surface area contributed by atoms with Crippen molar-refractivity contribution in [2.45, 2.75) is 11.6 Å². The minimum atomic E-state index is -3.58. The molecule has 2 aromatic carbocycles. The van der Waals surface area contributed by atoms with Gasteiger partial charge in [-0.25, -0.2) is 13.4 Å². The number of piperazine rings is 1. The topological polar surface area (TPSA) is 59.6 Å². The second-order valence-corrected chi connectivity index (χ2v) is 9.82. The van der Waals surface area contributed by atoms with Crippen LogP contribution in [0.4, 0.5) is 0 Å². The maximum atomic E-state index is 12.9. The summed E-state index contributed by atoms with van der Waals surface area (Å²) in [5.74, 6) is 0. The van der Waals surface area contributed by atoms with Crippen molar-refractivity contribution in [3.63, 3.8) is 0 Å². The molecule has 1 saturated heterocycles. The summed E-state index contributed by atoms with van der Waals surface area (Å²) in [4.78, 5) is 5.91. The Balaban J connectivity index is 1.45. The predicted octanol–water partition coefficient (Wildman–Crippen LogP) is 2.00. The molecule has 1 aromatic heterocycles. The highest BCUT2D eigenvalue weighted by Crippen LogP contribution is 2.27. The molecule has 3 aromatic rings. The number of sulfonamides is 1. The lowest BCUT2D eigenvalue weighted by molar-refractivity contribution is -0.925. The number of nitrogens with one attached hydrogen (secondary N) is 1. The number of nitrogens with zero attached hydrogens (tertiary/aromatic N) is 3. The normalized spacial score (nSPS) is 16.8. The molecule has 0 radical (unpaired) electrons. The van der Waals surface area contributed by atoms with E-state index in [0.717, 1.165) is 35.3 Å². The van der Waals surface area contributed by atoms with Crippen LogP contribution >= 0.6 is 27.5 Å². The van der Waals surface area contributed by atoms with Crippen LogP contribution in [0.1, 0.15) is 0 Å². The lowest BCUT2D eigenvalue weighted by Gasteiger charge is -2.31. The molecule has 1 N–H and O–H groups in total. The van der Waals surface area contributed by atoms with Crippen LogP contribution in [-0.2, 0) is 16.7 Å². The van der Waals surface area contributed by atoms with Crippen molar-refractivity contribution in [3.8, 4) is 0 Å². The second-order valence-electron chi connectivity index (χ2n) is 6.59. The highest BCUT2D eigenvalue weighted by molar-refractivity contribution is 9.10. The van der Waals surface area contributed by atoms with Crippen LogP contribution in [0, 0.1) is 0 Å². The number of benzene rings is 2. The van der Waals surface area contributed by atoms with E-state index in [1.165, 1.54) is 9.21 Å². The molecule has 0 saturated carbocycles. The third kappa shape index (κ3) is 3.77. The quantitative estimate of drug-likeness (QED) is 0.634. The Bertz CT molecular complexity index is 1080. The van der Waals surface area contributed by atoms with Crippen molar-refractivity contribution in [1.29, 1.82) is 0 Å². The van der Waals surface area contributed by atoms with Crippen LogP contribution in [0.2, 0.25) is 5.02 Å². The summed E-state index contributed by atoms with van der Waals surface area (Å²) in [6, 6.07) is 12.9. The Morgan fingerprint density at radius 1 is 1.15 bits per heavy atom. The zero-order valence-corrected chi connectivity index (χ0v) is 17.6. The summed E-state index contributed by atoms with van der Waals surface area (Å²) in [7, 11) is -3.58. The van der Waals surface area contributed by atoms with Crippen molar-refractivity contribution < 1.29 is 13.3 Å². The van der Waals surface area contributed by atoms with Crippen molar-refractivity contribution in [3.05, 3.63) is 58.3 Å². The minimum absolute atomic E-state index is 0.163. The summed E-state index contributed by atoms with van der Waals surface area (Å²) in [6.07, 6.45) is 1.85.